The van der Waals surface area contributed by atoms with E-state index >= 15 is 0 Å². The Morgan fingerprint density at radius 1 is 1.27 bits per heavy atom. The van der Waals surface area contributed by atoms with Crippen molar-refractivity contribution in [3.05, 3.63) is 66.3 Å². The van der Waals surface area contributed by atoms with Gasteiger partial charge in [0.1, 0.15) is 23.0 Å². The minimum atomic E-state index is -0.268. The Kier molecular flexibility index (Phi) is 6.38. The molecule has 3 aromatic heterocycles. The third kappa shape index (κ3) is 4.43. The van der Waals surface area contributed by atoms with Gasteiger partial charge in [-0.2, -0.15) is 9.61 Å². The predicted molar refractivity (Wildman–Crippen MR) is 115 cm³/mol. The quantitative estimate of drug-likeness (QED) is 0.387. The zero-order valence-corrected chi connectivity index (χ0v) is 16.8. The fourth-order valence-corrected chi connectivity index (χ4v) is 2.70. The molecule has 0 radical (unpaired) electrons. The topological polar surface area (TPSA) is 117 Å². The van der Waals surface area contributed by atoms with E-state index in [2.05, 4.69) is 31.0 Å². The summed E-state index contributed by atoms with van der Waals surface area (Å²) in [7, 11) is 3.32. The number of hydrogen-bond donors (Lipinski definition) is 3. The minimum Gasteiger partial charge on any atom is -0.373 e. The van der Waals surface area contributed by atoms with Gasteiger partial charge in [0, 0.05) is 38.3 Å². The van der Waals surface area contributed by atoms with Gasteiger partial charge >= 0.3 is 0 Å². The Morgan fingerprint density at radius 2 is 2.10 bits per heavy atom. The highest BCUT2D eigenvalue weighted by atomic mass is 16.1. The highest BCUT2D eigenvalue weighted by Gasteiger charge is 2.15. The first kappa shape index (κ1) is 20.5. The fraction of sp³-hybridized carbons (Fsp3) is 0.150. The molecule has 0 spiro atoms. The molecule has 0 saturated heterocycles. The second-order valence-corrected chi connectivity index (χ2v) is 6.17. The first-order valence-electron chi connectivity index (χ1n) is 9.12. The maximum absolute atomic E-state index is 12.1. The smallest absolute Gasteiger partial charge is 0.256 e. The number of carbonyl (C=O) groups is 2. The Hall–Kier alpha value is -4.21. The van der Waals surface area contributed by atoms with Gasteiger partial charge in [-0.3, -0.25) is 14.5 Å². The predicted octanol–water partition coefficient (Wildman–Crippen LogP) is 2.02. The third-order valence-corrected chi connectivity index (χ3v) is 4.15. The molecule has 0 saturated carbocycles. The van der Waals surface area contributed by atoms with Crippen LogP contribution in [0.3, 0.4) is 0 Å². The molecule has 3 heterocycles. The summed E-state index contributed by atoms with van der Waals surface area (Å²) in [6.45, 7) is 1.86. The van der Waals surface area contributed by atoms with Crippen LogP contribution in [0.1, 0.15) is 17.3 Å². The molecule has 3 N–H and O–H groups in total. The van der Waals surface area contributed by atoms with Gasteiger partial charge in [0.05, 0.1) is 6.20 Å². The number of hydrogen-bond acceptors (Lipinski definition) is 7. The molecule has 0 aromatic carbocycles. The van der Waals surface area contributed by atoms with Gasteiger partial charge in [-0.05, 0) is 31.2 Å². The average Bonchev–Trinajstić information content (AvgIpc) is 3.20. The first-order valence-corrected chi connectivity index (χ1v) is 9.12. The standard InChI is InChI=1S/C20H22N8O2/c1-14(7-6-10-27(13-29)17-8-4-5-9-23-17)25-16-11-18(21-2)28-19(26-16)15(12-24-28)20(30)22-3/h4-13,21H,1-3H3,(H,22,30)(H,25,26)/b10-6-,14-7+. The summed E-state index contributed by atoms with van der Waals surface area (Å²) in [5.41, 5.74) is 1.57. The number of carbonyl (C=O) groups excluding carboxylic acids is 2. The van der Waals surface area contributed by atoms with Crippen molar-refractivity contribution in [2.75, 3.05) is 29.6 Å². The SMILES string of the molecule is CNC(=O)c1cnn2c(NC)cc(N/C(C)=C/C=C\N(C=O)c3ccccn3)nc12. The summed E-state index contributed by atoms with van der Waals surface area (Å²) in [6, 6.07) is 7.10. The molecule has 0 atom stereocenters. The number of amides is 2. The molecule has 30 heavy (non-hydrogen) atoms. The van der Waals surface area contributed by atoms with Crippen molar-refractivity contribution in [1.29, 1.82) is 0 Å². The highest BCUT2D eigenvalue weighted by Crippen LogP contribution is 2.19. The number of pyridine rings is 1. The molecule has 2 amide bonds. The normalized spacial score (nSPS) is 11.5. The van der Waals surface area contributed by atoms with E-state index in [9.17, 15) is 9.59 Å². The molecule has 0 aliphatic carbocycles. The molecular weight excluding hydrogens is 384 g/mol. The van der Waals surface area contributed by atoms with Gasteiger partial charge < -0.3 is 16.0 Å². The molecule has 0 bridgehead atoms. The molecule has 154 valence electrons. The molecule has 10 heteroatoms. The van der Waals surface area contributed by atoms with Crippen molar-refractivity contribution < 1.29 is 9.59 Å². The van der Waals surface area contributed by atoms with E-state index in [0.717, 1.165) is 5.70 Å². The van der Waals surface area contributed by atoms with E-state index in [1.54, 1.807) is 67.4 Å². The lowest BCUT2D eigenvalue weighted by molar-refractivity contribution is -0.107. The van der Waals surface area contributed by atoms with Gasteiger partial charge in [-0.1, -0.05) is 6.07 Å². The van der Waals surface area contributed by atoms with Crippen molar-refractivity contribution in [2.24, 2.45) is 0 Å². The molecule has 10 nitrogen and oxygen atoms in total. The lowest BCUT2D eigenvalue weighted by Gasteiger charge is -2.11. The molecular formula is C20H22N8O2. The molecule has 0 fully saturated rings. The molecule has 3 aromatic rings. The monoisotopic (exact) mass is 406 g/mol. The Morgan fingerprint density at radius 3 is 2.77 bits per heavy atom. The lowest BCUT2D eigenvalue weighted by Crippen LogP contribution is -2.18. The van der Waals surface area contributed by atoms with E-state index in [1.807, 2.05) is 6.92 Å². The van der Waals surface area contributed by atoms with Crippen LogP contribution in [0.4, 0.5) is 17.5 Å². The van der Waals surface area contributed by atoms with Crippen molar-refractivity contribution in [3.63, 3.8) is 0 Å². The largest absolute Gasteiger partial charge is 0.373 e. The number of aromatic nitrogens is 4. The zero-order valence-electron chi connectivity index (χ0n) is 16.8. The zero-order chi connectivity index (χ0) is 21.5. The number of anilines is 3. The first-order chi connectivity index (χ1) is 14.6. The minimum absolute atomic E-state index is 0.268. The van der Waals surface area contributed by atoms with Gasteiger partial charge in [0.15, 0.2) is 5.65 Å². The van der Waals surface area contributed by atoms with Gasteiger partial charge in [0.2, 0.25) is 6.41 Å². The summed E-state index contributed by atoms with van der Waals surface area (Å²) in [5, 5.41) is 13.0. The number of rotatable bonds is 8. The number of allylic oxidation sites excluding steroid dienone is 3. The van der Waals surface area contributed by atoms with Crippen LogP contribution in [0, 0.1) is 0 Å². The fourth-order valence-electron chi connectivity index (χ4n) is 2.70. The number of fused-ring (bicyclic) bond motifs is 1. The second kappa shape index (κ2) is 9.32. The highest BCUT2D eigenvalue weighted by molar-refractivity contribution is 5.99. The van der Waals surface area contributed by atoms with Crippen LogP contribution in [0.2, 0.25) is 0 Å². The molecule has 0 aliphatic rings. The van der Waals surface area contributed by atoms with Crippen molar-refractivity contribution in [1.82, 2.24) is 24.9 Å². The van der Waals surface area contributed by atoms with Crippen LogP contribution in [0.25, 0.3) is 5.65 Å². The summed E-state index contributed by atoms with van der Waals surface area (Å²) >= 11 is 0. The number of nitrogens with zero attached hydrogens (tertiary/aromatic N) is 5. The lowest BCUT2D eigenvalue weighted by atomic mass is 10.3. The number of nitrogens with one attached hydrogen (secondary N) is 3. The van der Waals surface area contributed by atoms with E-state index in [4.69, 9.17) is 0 Å². The Balaban J connectivity index is 1.82. The van der Waals surface area contributed by atoms with Crippen LogP contribution in [0.15, 0.2) is 60.7 Å². The van der Waals surface area contributed by atoms with Crippen molar-refractivity contribution in [3.8, 4) is 0 Å². The summed E-state index contributed by atoms with van der Waals surface area (Å²) in [5.74, 6) is 1.46. The van der Waals surface area contributed by atoms with Crippen LogP contribution >= 0.6 is 0 Å². The van der Waals surface area contributed by atoms with E-state index in [0.29, 0.717) is 35.1 Å². The second-order valence-electron chi connectivity index (χ2n) is 6.17. The van der Waals surface area contributed by atoms with Crippen LogP contribution in [0.5, 0.6) is 0 Å². The maximum atomic E-state index is 12.1. The summed E-state index contributed by atoms with van der Waals surface area (Å²) in [4.78, 5) is 33.4. The van der Waals surface area contributed by atoms with Gasteiger partial charge in [-0.25, -0.2) is 9.97 Å². The van der Waals surface area contributed by atoms with Gasteiger partial charge in [0.25, 0.3) is 5.91 Å². The van der Waals surface area contributed by atoms with Crippen LogP contribution < -0.4 is 20.9 Å². The van der Waals surface area contributed by atoms with E-state index < -0.39 is 0 Å². The Labute approximate surface area is 173 Å². The molecule has 0 unspecified atom stereocenters. The average molecular weight is 406 g/mol. The van der Waals surface area contributed by atoms with E-state index in [1.165, 1.54) is 11.1 Å². The summed E-state index contributed by atoms with van der Waals surface area (Å²) in [6.07, 6.45) is 8.90. The van der Waals surface area contributed by atoms with Crippen molar-refractivity contribution >= 4 is 35.4 Å². The van der Waals surface area contributed by atoms with Crippen LogP contribution in [-0.4, -0.2) is 46.0 Å². The Bertz CT molecular complexity index is 1100. The van der Waals surface area contributed by atoms with E-state index in [-0.39, 0.29) is 5.91 Å². The maximum Gasteiger partial charge on any atom is 0.256 e. The molecule has 0 aliphatic heterocycles. The van der Waals surface area contributed by atoms with Crippen molar-refractivity contribution in [2.45, 2.75) is 6.92 Å². The third-order valence-electron chi connectivity index (χ3n) is 4.15. The summed E-state index contributed by atoms with van der Waals surface area (Å²) < 4.78 is 1.56. The van der Waals surface area contributed by atoms with Gasteiger partial charge in [-0.15, -0.1) is 0 Å². The molecule has 3 rings (SSSR count). The van der Waals surface area contributed by atoms with Crippen LogP contribution in [-0.2, 0) is 4.79 Å².